The largest absolute Gasteiger partial charge is 0.345 e. The van der Waals surface area contributed by atoms with Crippen LogP contribution in [0.2, 0.25) is 0 Å². The van der Waals surface area contributed by atoms with E-state index < -0.39 is 10.0 Å². The number of likely N-dealkylation sites (N-methyl/N-ethyl adjacent to an activating group) is 1. The molecule has 0 N–H and O–H groups in total. The molecule has 1 aromatic heterocycles. The number of anilines is 1. The van der Waals surface area contributed by atoms with Crippen LogP contribution in [0.3, 0.4) is 0 Å². The highest BCUT2D eigenvalue weighted by molar-refractivity contribution is 7.88. The predicted octanol–water partition coefficient (Wildman–Crippen LogP) is 1.14. The summed E-state index contributed by atoms with van der Waals surface area (Å²) in [5, 5.41) is 0.973. The number of piperazine rings is 1. The molecule has 1 aliphatic rings. The Bertz CT molecular complexity index is 886. The first-order valence-corrected chi connectivity index (χ1v) is 10.7. The molecule has 0 unspecified atom stereocenters. The lowest BCUT2D eigenvalue weighted by Crippen LogP contribution is -2.51. The molecule has 9 heteroatoms. The van der Waals surface area contributed by atoms with Crippen molar-refractivity contribution in [1.29, 1.82) is 0 Å². The summed E-state index contributed by atoms with van der Waals surface area (Å²) in [6, 6.07) is 6.23. The van der Waals surface area contributed by atoms with Gasteiger partial charge in [-0.1, -0.05) is 17.4 Å². The predicted molar refractivity (Wildman–Crippen MR) is 101 cm³/mol. The molecule has 1 aliphatic heterocycles. The summed E-state index contributed by atoms with van der Waals surface area (Å²) in [5.74, 6) is -0.160. The summed E-state index contributed by atoms with van der Waals surface area (Å²) < 4.78 is 25.1. The van der Waals surface area contributed by atoms with Gasteiger partial charge in [-0.05, 0) is 24.6 Å². The third-order valence-electron chi connectivity index (χ3n) is 4.36. The summed E-state index contributed by atoms with van der Waals surface area (Å²) in [7, 11) is -1.92. The number of rotatable bonds is 4. The van der Waals surface area contributed by atoms with Crippen LogP contribution in [0.25, 0.3) is 10.2 Å². The number of carbonyl (C=O) groups is 1. The van der Waals surface area contributed by atoms with E-state index in [1.807, 2.05) is 6.07 Å². The van der Waals surface area contributed by atoms with E-state index in [0.29, 0.717) is 26.2 Å². The zero-order valence-corrected chi connectivity index (χ0v) is 16.2. The Hall–Kier alpha value is -1.71. The van der Waals surface area contributed by atoms with Gasteiger partial charge in [0.15, 0.2) is 5.13 Å². The summed E-state index contributed by atoms with van der Waals surface area (Å²) in [5.41, 5.74) is 2.21. The number of aryl methyl sites for hydroxylation is 1. The second-order valence-corrected chi connectivity index (χ2v) is 9.45. The number of amides is 1. The summed E-state index contributed by atoms with van der Waals surface area (Å²) in [6.45, 7) is 4.51. The number of sulfonamides is 1. The minimum Gasteiger partial charge on any atom is -0.345 e. The van der Waals surface area contributed by atoms with Gasteiger partial charge in [0, 0.05) is 33.2 Å². The van der Waals surface area contributed by atoms with Crippen LogP contribution < -0.4 is 4.90 Å². The van der Waals surface area contributed by atoms with Gasteiger partial charge in [-0.15, -0.1) is 0 Å². The topological polar surface area (TPSA) is 73.8 Å². The van der Waals surface area contributed by atoms with E-state index in [1.54, 1.807) is 16.2 Å². The van der Waals surface area contributed by atoms with E-state index in [9.17, 15) is 13.2 Å². The number of carbonyl (C=O) groups excluding carboxylic acids is 1. The highest BCUT2D eigenvalue weighted by Crippen LogP contribution is 2.30. The summed E-state index contributed by atoms with van der Waals surface area (Å²) >= 11 is 1.67. The molecule has 0 bridgehead atoms. The van der Waals surface area contributed by atoms with Crippen LogP contribution in [-0.2, 0) is 14.8 Å². The smallest absolute Gasteiger partial charge is 0.238 e. The van der Waals surface area contributed by atoms with Gasteiger partial charge in [0.1, 0.15) is 0 Å². The van der Waals surface area contributed by atoms with Crippen LogP contribution in [0.15, 0.2) is 18.2 Å². The Balaban J connectivity index is 1.62. The van der Waals surface area contributed by atoms with Gasteiger partial charge in [0.25, 0.3) is 0 Å². The minimum atomic E-state index is -3.34. The molecular weight excluding hydrogens is 360 g/mol. The maximum atomic E-state index is 12.3. The lowest BCUT2D eigenvalue weighted by molar-refractivity contribution is -0.131. The molecule has 3 rings (SSSR count). The Morgan fingerprint density at radius 2 is 1.96 bits per heavy atom. The summed E-state index contributed by atoms with van der Waals surface area (Å²) in [6.07, 6.45) is 1.10. The van der Waals surface area contributed by atoms with Gasteiger partial charge < -0.3 is 9.80 Å². The average molecular weight is 383 g/mol. The molecule has 0 aliphatic carbocycles. The third-order valence-corrected chi connectivity index (χ3v) is 6.70. The average Bonchev–Trinajstić information content (AvgIpc) is 2.97. The maximum absolute atomic E-state index is 12.3. The Kier molecular flexibility index (Phi) is 4.99. The van der Waals surface area contributed by atoms with Crippen molar-refractivity contribution < 1.29 is 13.2 Å². The van der Waals surface area contributed by atoms with Gasteiger partial charge in [-0.3, -0.25) is 4.79 Å². The van der Waals surface area contributed by atoms with Gasteiger partial charge >= 0.3 is 0 Å². The molecule has 1 amide bonds. The Labute approximate surface area is 151 Å². The molecule has 0 saturated carbocycles. The number of nitrogens with zero attached hydrogens (tertiary/aromatic N) is 4. The van der Waals surface area contributed by atoms with Crippen molar-refractivity contribution in [3.8, 4) is 0 Å². The molecular formula is C16H22N4O3S2. The van der Waals surface area contributed by atoms with E-state index in [2.05, 4.69) is 28.9 Å². The van der Waals surface area contributed by atoms with Crippen LogP contribution in [0, 0.1) is 6.92 Å². The molecule has 7 nitrogen and oxygen atoms in total. The van der Waals surface area contributed by atoms with Crippen molar-refractivity contribution >= 4 is 42.6 Å². The first-order valence-electron chi connectivity index (χ1n) is 8.05. The van der Waals surface area contributed by atoms with Crippen LogP contribution in [0.5, 0.6) is 0 Å². The second-order valence-electron chi connectivity index (χ2n) is 6.35. The SMILES string of the molecule is Cc1ccc2nc(N3CCN(C(=O)CN(C)S(C)(=O)=O)CC3)sc2c1. The molecule has 2 aromatic rings. The number of fused-ring (bicyclic) bond motifs is 1. The monoisotopic (exact) mass is 382 g/mol. The molecule has 136 valence electrons. The van der Waals surface area contributed by atoms with Crippen LogP contribution in [0.4, 0.5) is 5.13 Å². The maximum Gasteiger partial charge on any atom is 0.238 e. The third kappa shape index (κ3) is 4.10. The standard InChI is InChI=1S/C16H22N4O3S2/c1-12-4-5-13-14(10-12)24-16(17-13)20-8-6-19(7-9-20)15(21)11-18(2)25(3,22)23/h4-5,10H,6-9,11H2,1-3H3. The molecule has 25 heavy (non-hydrogen) atoms. The van der Waals surface area contributed by atoms with Gasteiger partial charge in [-0.2, -0.15) is 4.31 Å². The number of aromatic nitrogens is 1. The van der Waals surface area contributed by atoms with Crippen LogP contribution >= 0.6 is 11.3 Å². The normalized spacial score (nSPS) is 16.0. The van der Waals surface area contributed by atoms with E-state index in [4.69, 9.17) is 0 Å². The van der Waals surface area contributed by atoms with E-state index in [-0.39, 0.29) is 12.5 Å². The minimum absolute atomic E-state index is 0.112. The van der Waals surface area contributed by atoms with Gasteiger partial charge in [-0.25, -0.2) is 13.4 Å². The molecule has 1 aromatic carbocycles. The van der Waals surface area contributed by atoms with Crippen LogP contribution in [0.1, 0.15) is 5.56 Å². The fraction of sp³-hybridized carbons (Fsp3) is 0.500. The number of benzene rings is 1. The number of hydrogen-bond donors (Lipinski definition) is 0. The summed E-state index contributed by atoms with van der Waals surface area (Å²) in [4.78, 5) is 20.8. The first kappa shape index (κ1) is 18.1. The van der Waals surface area contributed by atoms with Gasteiger partial charge in [0.2, 0.25) is 15.9 Å². The molecule has 0 spiro atoms. The van der Waals surface area contributed by atoms with Crippen molar-refractivity contribution in [2.24, 2.45) is 0 Å². The fourth-order valence-electron chi connectivity index (χ4n) is 2.71. The quantitative estimate of drug-likeness (QED) is 0.793. The van der Waals surface area contributed by atoms with E-state index in [1.165, 1.54) is 17.3 Å². The molecule has 2 heterocycles. The van der Waals surface area contributed by atoms with Crippen molar-refractivity contribution in [3.05, 3.63) is 23.8 Å². The Morgan fingerprint density at radius 3 is 2.60 bits per heavy atom. The van der Waals surface area contributed by atoms with Crippen molar-refractivity contribution in [1.82, 2.24) is 14.2 Å². The van der Waals surface area contributed by atoms with Crippen molar-refractivity contribution in [2.75, 3.05) is 50.9 Å². The molecule has 1 fully saturated rings. The second kappa shape index (κ2) is 6.89. The fourth-order valence-corrected chi connectivity index (χ4v) is 4.17. The lowest BCUT2D eigenvalue weighted by Gasteiger charge is -2.35. The number of hydrogen-bond acceptors (Lipinski definition) is 6. The van der Waals surface area contributed by atoms with Gasteiger partial charge in [0.05, 0.1) is 23.0 Å². The zero-order chi connectivity index (χ0) is 18.2. The zero-order valence-electron chi connectivity index (χ0n) is 14.6. The Morgan fingerprint density at radius 1 is 1.28 bits per heavy atom. The molecule has 0 radical (unpaired) electrons. The highest BCUT2D eigenvalue weighted by Gasteiger charge is 2.25. The highest BCUT2D eigenvalue weighted by atomic mass is 32.2. The lowest BCUT2D eigenvalue weighted by atomic mass is 10.2. The van der Waals surface area contributed by atoms with Crippen LogP contribution in [-0.4, -0.2) is 74.5 Å². The van der Waals surface area contributed by atoms with E-state index >= 15 is 0 Å². The van der Waals surface area contributed by atoms with Crippen molar-refractivity contribution in [2.45, 2.75) is 6.92 Å². The number of thiazole rings is 1. The first-order chi connectivity index (χ1) is 11.7. The van der Waals surface area contributed by atoms with E-state index in [0.717, 1.165) is 21.2 Å². The van der Waals surface area contributed by atoms with Crippen molar-refractivity contribution in [3.63, 3.8) is 0 Å². The molecule has 1 saturated heterocycles. The molecule has 0 atom stereocenters.